The molecule has 10 heteroatoms. The van der Waals surface area contributed by atoms with E-state index in [0.29, 0.717) is 36.0 Å². The van der Waals surface area contributed by atoms with Crippen molar-refractivity contribution < 1.29 is 19.4 Å². The Bertz CT molecular complexity index is 2710. The fraction of sp³-hybridized carbons (Fsp3) is 0.245. The number of nitrogen functional groups attached to an aromatic ring is 2. The molecule has 4 heterocycles. The lowest BCUT2D eigenvalue weighted by atomic mass is 9.99. The van der Waals surface area contributed by atoms with Gasteiger partial charge in [0, 0.05) is 46.8 Å². The number of nitrogens with two attached hydrogens (primary N) is 2. The van der Waals surface area contributed by atoms with Crippen molar-refractivity contribution >= 4 is 61.2 Å². The van der Waals surface area contributed by atoms with Crippen LogP contribution >= 0.6 is 0 Å². The second-order valence-corrected chi connectivity index (χ2v) is 15.6. The molecule has 0 aliphatic heterocycles. The summed E-state index contributed by atoms with van der Waals surface area (Å²) in [7, 11) is 0. The third-order valence-electron chi connectivity index (χ3n) is 11.1. The molecule has 10 nitrogen and oxygen atoms in total. The Morgan fingerprint density at radius 3 is 1.53 bits per heavy atom. The lowest BCUT2D eigenvalue weighted by Crippen LogP contribution is -2.24. The Morgan fingerprint density at radius 1 is 0.610 bits per heavy atom. The number of anilines is 2. The molecule has 0 unspecified atom stereocenters. The maximum Gasteiger partial charge on any atom is 0.303 e. The molecule has 4 aromatic heterocycles. The SMILES string of the molecule is Cc1ccc2c(c1)nc(N)c1ncc(CCc3ccc(OC(CCCC(=O)O)Oc4ccc(CCc5cnc6c(N)nc7cc(C)ccc7c6c5)c(C)c4)cc3C)cc12. The van der Waals surface area contributed by atoms with E-state index in [4.69, 9.17) is 30.9 Å². The van der Waals surface area contributed by atoms with Crippen molar-refractivity contribution in [1.29, 1.82) is 0 Å². The van der Waals surface area contributed by atoms with Crippen LogP contribution in [0.1, 0.15) is 63.8 Å². The number of nitrogens with zero attached hydrogens (tertiary/aromatic N) is 4. The first-order chi connectivity index (χ1) is 28.5. The average molecular weight is 785 g/mol. The van der Waals surface area contributed by atoms with Crippen LogP contribution in [0.25, 0.3) is 43.6 Å². The van der Waals surface area contributed by atoms with E-state index in [0.717, 1.165) is 103 Å². The van der Waals surface area contributed by atoms with Gasteiger partial charge in [-0.05, 0) is 153 Å². The number of carbonyl (C=O) groups is 1. The molecule has 0 aliphatic rings. The number of ether oxygens (including phenoxy) is 2. The molecule has 0 spiro atoms. The standard InChI is InChI=1S/C49H48N6O4/c1-28-8-18-38-40-24-32(26-52-46(40)48(50)54-42(38)20-28)10-12-34-14-16-36(22-30(34)3)58-45(7-5-6-44(56)57)59-37-17-15-35(31(4)23-37)13-11-33-25-41-39-19-9-29(2)21-43(39)55-49(51)47(41)53-27-33/h8-9,14-27,45H,5-7,10-13H2,1-4H3,(H2,50,54)(H2,51,55)(H,56,57). The zero-order chi connectivity index (χ0) is 41.2. The summed E-state index contributed by atoms with van der Waals surface area (Å²) in [5, 5.41) is 13.4. The number of carboxylic acids is 1. The third kappa shape index (κ3) is 8.72. The van der Waals surface area contributed by atoms with Crippen LogP contribution in [0, 0.1) is 27.7 Å². The Morgan fingerprint density at radius 2 is 1.08 bits per heavy atom. The Labute approximate surface area is 343 Å². The highest BCUT2D eigenvalue weighted by Gasteiger charge is 2.17. The molecule has 59 heavy (non-hydrogen) atoms. The van der Waals surface area contributed by atoms with Crippen LogP contribution in [0.15, 0.2) is 97.3 Å². The topological polar surface area (TPSA) is 159 Å². The Hall–Kier alpha value is -6.81. The van der Waals surface area contributed by atoms with E-state index >= 15 is 0 Å². The number of aromatic nitrogens is 4. The minimum atomic E-state index is -0.848. The number of aryl methyl sites for hydroxylation is 8. The number of hydrogen-bond donors (Lipinski definition) is 3. The molecule has 5 N–H and O–H groups in total. The summed E-state index contributed by atoms with van der Waals surface area (Å²) in [6.45, 7) is 8.25. The van der Waals surface area contributed by atoms with Gasteiger partial charge in [-0.2, -0.15) is 0 Å². The fourth-order valence-corrected chi connectivity index (χ4v) is 7.87. The van der Waals surface area contributed by atoms with Crippen molar-refractivity contribution in [1.82, 2.24) is 19.9 Å². The van der Waals surface area contributed by atoms with Crippen molar-refractivity contribution in [3.63, 3.8) is 0 Å². The van der Waals surface area contributed by atoms with Crippen LogP contribution < -0.4 is 20.9 Å². The summed E-state index contributed by atoms with van der Waals surface area (Å²) < 4.78 is 12.8. The summed E-state index contributed by atoms with van der Waals surface area (Å²) in [5.41, 5.74) is 24.9. The van der Waals surface area contributed by atoms with Crippen LogP contribution in [0.4, 0.5) is 11.6 Å². The second-order valence-electron chi connectivity index (χ2n) is 15.6. The number of benzene rings is 4. The monoisotopic (exact) mass is 784 g/mol. The van der Waals surface area contributed by atoms with E-state index in [1.54, 1.807) is 0 Å². The molecule has 8 aromatic rings. The first-order valence-electron chi connectivity index (χ1n) is 20.1. The highest BCUT2D eigenvalue weighted by atomic mass is 16.7. The zero-order valence-corrected chi connectivity index (χ0v) is 33.9. The summed E-state index contributed by atoms with van der Waals surface area (Å²) in [6.07, 6.45) is 7.23. The molecule has 4 aromatic carbocycles. The summed E-state index contributed by atoms with van der Waals surface area (Å²) in [5.74, 6) is 1.37. The van der Waals surface area contributed by atoms with Crippen molar-refractivity contribution in [3.05, 3.63) is 142 Å². The minimum absolute atomic E-state index is 0.0312. The van der Waals surface area contributed by atoms with Crippen LogP contribution in [0.5, 0.6) is 11.5 Å². The molecule has 0 radical (unpaired) electrons. The molecular formula is C49H48N6O4. The van der Waals surface area contributed by atoms with Crippen molar-refractivity contribution in [3.8, 4) is 11.5 Å². The molecule has 0 atom stereocenters. The van der Waals surface area contributed by atoms with Gasteiger partial charge < -0.3 is 26.0 Å². The highest BCUT2D eigenvalue weighted by molar-refractivity contribution is 6.09. The van der Waals surface area contributed by atoms with Crippen molar-refractivity contribution in [2.24, 2.45) is 0 Å². The van der Waals surface area contributed by atoms with E-state index in [1.807, 2.05) is 50.5 Å². The lowest BCUT2D eigenvalue weighted by Gasteiger charge is -2.22. The quantitative estimate of drug-likeness (QED) is 0.0716. The van der Waals surface area contributed by atoms with Crippen LogP contribution in [-0.4, -0.2) is 37.3 Å². The minimum Gasteiger partial charge on any atom is -0.481 e. The smallest absolute Gasteiger partial charge is 0.303 e. The number of rotatable bonds is 14. The van der Waals surface area contributed by atoms with Gasteiger partial charge in [0.1, 0.15) is 22.5 Å². The molecule has 0 saturated heterocycles. The van der Waals surface area contributed by atoms with Crippen LogP contribution in [0.2, 0.25) is 0 Å². The van der Waals surface area contributed by atoms with Gasteiger partial charge in [-0.25, -0.2) is 9.97 Å². The Kier molecular flexibility index (Phi) is 11.0. The van der Waals surface area contributed by atoms with E-state index in [1.165, 1.54) is 11.1 Å². The van der Waals surface area contributed by atoms with E-state index in [9.17, 15) is 9.90 Å². The maximum absolute atomic E-state index is 11.4. The summed E-state index contributed by atoms with van der Waals surface area (Å²) in [6, 6.07) is 29.0. The van der Waals surface area contributed by atoms with E-state index in [-0.39, 0.29) is 6.42 Å². The second kappa shape index (κ2) is 16.6. The van der Waals surface area contributed by atoms with Gasteiger partial charge >= 0.3 is 5.97 Å². The van der Waals surface area contributed by atoms with Gasteiger partial charge in [0.05, 0.1) is 11.0 Å². The average Bonchev–Trinajstić information content (AvgIpc) is 3.20. The van der Waals surface area contributed by atoms with Crippen LogP contribution in [-0.2, 0) is 30.5 Å². The predicted molar refractivity (Wildman–Crippen MR) is 236 cm³/mol. The van der Waals surface area contributed by atoms with Crippen molar-refractivity contribution in [2.75, 3.05) is 11.5 Å². The Balaban J connectivity index is 0.933. The van der Waals surface area contributed by atoms with Gasteiger partial charge in [-0.3, -0.25) is 14.8 Å². The first kappa shape index (κ1) is 39.0. The first-order valence-corrected chi connectivity index (χ1v) is 20.1. The molecule has 298 valence electrons. The number of pyridine rings is 4. The third-order valence-corrected chi connectivity index (χ3v) is 11.1. The zero-order valence-electron chi connectivity index (χ0n) is 33.9. The summed E-state index contributed by atoms with van der Waals surface area (Å²) in [4.78, 5) is 29.9. The van der Waals surface area contributed by atoms with Gasteiger partial charge in [0.2, 0.25) is 6.29 Å². The number of fused-ring (bicyclic) bond motifs is 6. The van der Waals surface area contributed by atoms with Gasteiger partial charge in [-0.1, -0.05) is 36.4 Å². The van der Waals surface area contributed by atoms with E-state index < -0.39 is 12.3 Å². The molecule has 0 fully saturated rings. The highest BCUT2D eigenvalue weighted by Crippen LogP contribution is 2.31. The normalized spacial score (nSPS) is 11.6. The molecular weight excluding hydrogens is 737 g/mol. The van der Waals surface area contributed by atoms with Crippen molar-refractivity contribution in [2.45, 2.75) is 78.9 Å². The number of carboxylic acid groups (broad SMARTS) is 1. The predicted octanol–water partition coefficient (Wildman–Crippen LogP) is 9.89. The number of hydrogen-bond acceptors (Lipinski definition) is 9. The largest absolute Gasteiger partial charge is 0.481 e. The van der Waals surface area contributed by atoms with Gasteiger partial charge in [0.25, 0.3) is 0 Å². The lowest BCUT2D eigenvalue weighted by molar-refractivity contribution is -0.137. The molecule has 0 aliphatic carbocycles. The number of aliphatic carboxylic acids is 1. The van der Waals surface area contributed by atoms with E-state index in [2.05, 4.69) is 84.5 Å². The van der Waals surface area contributed by atoms with Gasteiger partial charge in [-0.15, -0.1) is 0 Å². The van der Waals surface area contributed by atoms with Gasteiger partial charge in [0.15, 0.2) is 11.6 Å². The van der Waals surface area contributed by atoms with Crippen LogP contribution in [0.3, 0.4) is 0 Å². The summed E-state index contributed by atoms with van der Waals surface area (Å²) >= 11 is 0. The molecule has 8 rings (SSSR count). The maximum atomic E-state index is 11.4. The molecule has 0 amide bonds. The fourth-order valence-electron chi connectivity index (χ4n) is 7.87. The molecule has 0 saturated carbocycles. The molecule has 0 bridgehead atoms.